The van der Waals surface area contributed by atoms with Gasteiger partial charge in [-0.1, -0.05) is 0 Å². The zero-order valence-corrected chi connectivity index (χ0v) is 10.1. The average Bonchev–Trinajstić information content (AvgIpc) is 2.72. The van der Waals surface area contributed by atoms with Crippen molar-refractivity contribution in [3.05, 3.63) is 41.5 Å². The van der Waals surface area contributed by atoms with Crippen LogP contribution in [-0.2, 0) is 13.7 Å². The number of nitrogens with zero attached hydrogens (tertiary/aromatic N) is 3. The van der Waals surface area contributed by atoms with Gasteiger partial charge in [0.2, 0.25) is 0 Å². The molecule has 0 radical (unpaired) electrons. The van der Waals surface area contributed by atoms with Crippen molar-refractivity contribution in [3.63, 3.8) is 0 Å². The summed E-state index contributed by atoms with van der Waals surface area (Å²) in [5, 5.41) is 16.5. The van der Waals surface area contributed by atoms with E-state index in [1.54, 1.807) is 30.0 Å². The number of hydrogen-bond acceptors (Lipinski definition) is 4. The van der Waals surface area contributed by atoms with E-state index in [4.69, 9.17) is 9.84 Å². The topological polar surface area (TPSA) is 77.2 Å². The van der Waals surface area contributed by atoms with Gasteiger partial charge in [-0.3, -0.25) is 0 Å². The summed E-state index contributed by atoms with van der Waals surface area (Å²) >= 11 is 0. The molecule has 0 aliphatic heterocycles. The molecular formula is C12H13N3O3. The second-order valence-electron chi connectivity index (χ2n) is 3.93. The average molecular weight is 247 g/mol. The zero-order chi connectivity index (χ0) is 13.1. The summed E-state index contributed by atoms with van der Waals surface area (Å²) in [7, 11) is 1.83. The van der Waals surface area contributed by atoms with Gasteiger partial charge in [-0.05, 0) is 30.7 Å². The minimum Gasteiger partial charge on any atom is -0.486 e. The maximum Gasteiger partial charge on any atom is 0.335 e. The summed E-state index contributed by atoms with van der Waals surface area (Å²) in [4.78, 5) is 10.9. The molecule has 0 unspecified atom stereocenters. The number of aryl methyl sites for hydroxylation is 2. The molecule has 0 fully saturated rings. The number of ether oxygens (including phenoxy) is 1. The second-order valence-corrected chi connectivity index (χ2v) is 3.93. The Morgan fingerprint density at radius 1 is 1.50 bits per heavy atom. The van der Waals surface area contributed by atoms with E-state index in [1.807, 2.05) is 7.05 Å². The van der Waals surface area contributed by atoms with Gasteiger partial charge in [-0.2, -0.15) is 0 Å². The highest BCUT2D eigenvalue weighted by molar-refractivity contribution is 5.89. The fourth-order valence-electron chi connectivity index (χ4n) is 1.55. The first-order chi connectivity index (χ1) is 8.58. The maximum absolute atomic E-state index is 10.9. The van der Waals surface area contributed by atoms with Gasteiger partial charge in [0.15, 0.2) is 5.82 Å². The summed E-state index contributed by atoms with van der Waals surface area (Å²) < 4.78 is 7.29. The van der Waals surface area contributed by atoms with Crippen LogP contribution in [-0.4, -0.2) is 25.8 Å². The van der Waals surface area contributed by atoms with Crippen LogP contribution < -0.4 is 4.74 Å². The van der Waals surface area contributed by atoms with Gasteiger partial charge in [-0.15, -0.1) is 10.2 Å². The zero-order valence-electron chi connectivity index (χ0n) is 10.1. The first kappa shape index (κ1) is 12.1. The lowest BCUT2D eigenvalue weighted by Crippen LogP contribution is -2.04. The highest BCUT2D eigenvalue weighted by Gasteiger charge is 2.08. The molecule has 6 nitrogen and oxygen atoms in total. The SMILES string of the molecule is Cc1cc(OCc2nncn2C)ccc1C(=O)O. The van der Waals surface area contributed by atoms with E-state index in [0.717, 1.165) is 0 Å². The van der Waals surface area contributed by atoms with Crippen LogP contribution in [0.3, 0.4) is 0 Å². The smallest absolute Gasteiger partial charge is 0.335 e. The lowest BCUT2D eigenvalue weighted by Gasteiger charge is -2.07. The molecule has 18 heavy (non-hydrogen) atoms. The van der Waals surface area contributed by atoms with Crippen LogP contribution in [0.5, 0.6) is 5.75 Å². The molecule has 0 saturated carbocycles. The van der Waals surface area contributed by atoms with Crippen LogP contribution in [0, 0.1) is 6.92 Å². The Hall–Kier alpha value is -2.37. The molecule has 2 rings (SSSR count). The number of benzene rings is 1. The third-order valence-corrected chi connectivity index (χ3v) is 2.60. The van der Waals surface area contributed by atoms with Crippen molar-refractivity contribution in [1.82, 2.24) is 14.8 Å². The molecule has 1 heterocycles. The van der Waals surface area contributed by atoms with Crippen LogP contribution in [0.25, 0.3) is 0 Å². The number of carboxylic acids is 1. The van der Waals surface area contributed by atoms with Crippen molar-refractivity contribution in [2.45, 2.75) is 13.5 Å². The van der Waals surface area contributed by atoms with Crippen molar-refractivity contribution in [3.8, 4) is 5.75 Å². The monoisotopic (exact) mass is 247 g/mol. The lowest BCUT2D eigenvalue weighted by molar-refractivity contribution is 0.0696. The predicted molar refractivity (Wildman–Crippen MR) is 63.5 cm³/mol. The Bertz CT molecular complexity index is 578. The van der Waals surface area contributed by atoms with E-state index < -0.39 is 5.97 Å². The summed E-state index contributed by atoms with van der Waals surface area (Å²) in [6.45, 7) is 2.03. The molecule has 94 valence electrons. The molecule has 2 aromatic rings. The Morgan fingerprint density at radius 2 is 2.28 bits per heavy atom. The van der Waals surface area contributed by atoms with Crippen LogP contribution in [0.15, 0.2) is 24.5 Å². The van der Waals surface area contributed by atoms with E-state index in [9.17, 15) is 4.79 Å². The number of aromatic carboxylic acids is 1. The molecule has 0 aliphatic carbocycles. The van der Waals surface area contributed by atoms with E-state index >= 15 is 0 Å². The molecule has 1 aromatic carbocycles. The van der Waals surface area contributed by atoms with Crippen LogP contribution in [0.2, 0.25) is 0 Å². The quantitative estimate of drug-likeness (QED) is 0.883. The summed E-state index contributed by atoms with van der Waals surface area (Å²) in [6.07, 6.45) is 1.59. The highest BCUT2D eigenvalue weighted by atomic mass is 16.5. The maximum atomic E-state index is 10.9. The molecule has 0 saturated heterocycles. The van der Waals surface area contributed by atoms with Crippen molar-refractivity contribution in [2.75, 3.05) is 0 Å². The molecule has 0 spiro atoms. The number of hydrogen-bond donors (Lipinski definition) is 1. The van der Waals surface area contributed by atoms with E-state index in [1.165, 1.54) is 6.07 Å². The number of aromatic nitrogens is 3. The fourth-order valence-corrected chi connectivity index (χ4v) is 1.55. The molecule has 6 heteroatoms. The number of carboxylic acid groups (broad SMARTS) is 1. The van der Waals surface area contributed by atoms with E-state index in [0.29, 0.717) is 23.7 Å². The number of rotatable bonds is 4. The normalized spacial score (nSPS) is 10.3. The second kappa shape index (κ2) is 4.87. The van der Waals surface area contributed by atoms with Crippen molar-refractivity contribution >= 4 is 5.97 Å². The number of carbonyl (C=O) groups is 1. The van der Waals surface area contributed by atoms with E-state index in [-0.39, 0.29) is 5.56 Å². The molecule has 1 aromatic heterocycles. The standard InChI is InChI=1S/C12H13N3O3/c1-8-5-9(3-4-10(8)12(16)17)18-6-11-14-13-7-15(11)2/h3-5,7H,6H2,1-2H3,(H,16,17). The van der Waals surface area contributed by atoms with Gasteiger partial charge in [-0.25, -0.2) is 4.79 Å². The minimum atomic E-state index is -0.938. The summed E-state index contributed by atoms with van der Waals surface area (Å²) in [5.41, 5.74) is 0.943. The van der Waals surface area contributed by atoms with Crippen molar-refractivity contribution in [1.29, 1.82) is 0 Å². The van der Waals surface area contributed by atoms with Gasteiger partial charge in [0.1, 0.15) is 18.7 Å². The van der Waals surface area contributed by atoms with Gasteiger partial charge < -0.3 is 14.4 Å². The summed E-state index contributed by atoms with van der Waals surface area (Å²) in [6, 6.07) is 4.86. The third kappa shape index (κ3) is 2.48. The Labute approximate surface area is 104 Å². The van der Waals surface area contributed by atoms with Gasteiger partial charge in [0, 0.05) is 7.05 Å². The molecule has 0 atom stereocenters. The Kier molecular flexibility index (Phi) is 3.27. The Morgan fingerprint density at radius 3 is 2.83 bits per heavy atom. The highest BCUT2D eigenvalue weighted by Crippen LogP contribution is 2.18. The molecule has 0 bridgehead atoms. The molecular weight excluding hydrogens is 234 g/mol. The summed E-state index contributed by atoms with van der Waals surface area (Å²) in [5.74, 6) is 0.378. The van der Waals surface area contributed by atoms with Crippen LogP contribution in [0.1, 0.15) is 21.7 Å². The van der Waals surface area contributed by atoms with Gasteiger partial charge in [0.25, 0.3) is 0 Å². The predicted octanol–water partition coefficient (Wildman–Crippen LogP) is 1.40. The van der Waals surface area contributed by atoms with Crippen molar-refractivity contribution in [2.24, 2.45) is 7.05 Å². The third-order valence-electron chi connectivity index (χ3n) is 2.60. The first-order valence-electron chi connectivity index (χ1n) is 5.37. The fraction of sp³-hybridized carbons (Fsp3) is 0.250. The van der Waals surface area contributed by atoms with Gasteiger partial charge in [0.05, 0.1) is 5.56 Å². The molecule has 1 N–H and O–H groups in total. The molecule has 0 aliphatic rings. The van der Waals surface area contributed by atoms with Crippen LogP contribution >= 0.6 is 0 Å². The largest absolute Gasteiger partial charge is 0.486 e. The Balaban J connectivity index is 2.09. The van der Waals surface area contributed by atoms with E-state index in [2.05, 4.69) is 10.2 Å². The van der Waals surface area contributed by atoms with Crippen molar-refractivity contribution < 1.29 is 14.6 Å². The van der Waals surface area contributed by atoms with Gasteiger partial charge >= 0.3 is 5.97 Å². The minimum absolute atomic E-state index is 0.279. The lowest BCUT2D eigenvalue weighted by atomic mass is 10.1. The molecule has 0 amide bonds. The first-order valence-corrected chi connectivity index (χ1v) is 5.37. The van der Waals surface area contributed by atoms with Crippen LogP contribution in [0.4, 0.5) is 0 Å².